The minimum atomic E-state index is -0.310. The highest BCUT2D eigenvalue weighted by molar-refractivity contribution is 5.96. The van der Waals surface area contributed by atoms with E-state index in [-0.39, 0.29) is 17.7 Å². The van der Waals surface area contributed by atoms with Gasteiger partial charge in [-0.05, 0) is 79.4 Å². The van der Waals surface area contributed by atoms with Crippen molar-refractivity contribution < 1.29 is 13.9 Å². The summed E-state index contributed by atoms with van der Waals surface area (Å²) in [6, 6.07) is 18.4. The Balaban J connectivity index is 1.23. The summed E-state index contributed by atoms with van der Waals surface area (Å²) < 4.78 is 19.3. The molecule has 0 atom stereocenters. The standard InChI is InChI=1S/C26H28FNO2/c1-19-24-6-3-2-5-20(24)10-13-26(19)30-23-14-17-28(18-15-23)16-4-7-25(29)21-8-11-22(27)12-9-21/h2-3,5-6,8-13,23H,4,7,14-18H2,1H3. The molecular formula is C26H28FNO2. The van der Waals surface area contributed by atoms with Crippen LogP contribution in [0.5, 0.6) is 5.75 Å². The van der Waals surface area contributed by atoms with Crippen molar-refractivity contribution in [3.05, 3.63) is 77.6 Å². The number of rotatable bonds is 7. The number of carbonyl (C=O) groups is 1. The second kappa shape index (κ2) is 9.40. The Labute approximate surface area is 177 Å². The summed E-state index contributed by atoms with van der Waals surface area (Å²) in [5.41, 5.74) is 1.80. The molecule has 0 N–H and O–H groups in total. The number of halogens is 1. The van der Waals surface area contributed by atoms with E-state index in [1.54, 1.807) is 12.1 Å². The fourth-order valence-corrected chi connectivity index (χ4v) is 4.21. The normalized spacial score (nSPS) is 15.4. The zero-order valence-electron chi connectivity index (χ0n) is 17.4. The third-order valence-corrected chi connectivity index (χ3v) is 6.02. The molecular weight excluding hydrogens is 377 g/mol. The van der Waals surface area contributed by atoms with Gasteiger partial charge in [0.15, 0.2) is 5.78 Å². The lowest BCUT2D eigenvalue weighted by Gasteiger charge is -2.32. The first-order valence-electron chi connectivity index (χ1n) is 10.8. The zero-order valence-corrected chi connectivity index (χ0v) is 17.4. The van der Waals surface area contributed by atoms with Gasteiger partial charge in [0.1, 0.15) is 17.7 Å². The maximum atomic E-state index is 13.0. The molecule has 0 radical (unpaired) electrons. The van der Waals surface area contributed by atoms with Crippen molar-refractivity contribution in [1.82, 2.24) is 4.90 Å². The average Bonchev–Trinajstić information content (AvgIpc) is 2.77. The molecule has 0 spiro atoms. The maximum absolute atomic E-state index is 13.0. The second-order valence-corrected chi connectivity index (χ2v) is 8.10. The highest BCUT2D eigenvalue weighted by atomic mass is 19.1. The van der Waals surface area contributed by atoms with Gasteiger partial charge < -0.3 is 9.64 Å². The van der Waals surface area contributed by atoms with Crippen molar-refractivity contribution in [2.45, 2.75) is 38.7 Å². The number of carbonyl (C=O) groups excluding carboxylic acids is 1. The molecule has 0 unspecified atom stereocenters. The third kappa shape index (κ3) is 4.88. The summed E-state index contributed by atoms with van der Waals surface area (Å²) in [6.45, 7) is 5.02. The molecule has 1 fully saturated rings. The Morgan fingerprint density at radius 2 is 1.77 bits per heavy atom. The Morgan fingerprint density at radius 1 is 1.03 bits per heavy atom. The molecule has 156 valence electrons. The zero-order chi connectivity index (χ0) is 20.9. The predicted molar refractivity (Wildman–Crippen MR) is 119 cm³/mol. The number of nitrogens with zero attached hydrogens (tertiary/aromatic N) is 1. The van der Waals surface area contributed by atoms with Crippen LogP contribution >= 0.6 is 0 Å². The Kier molecular flexibility index (Phi) is 6.44. The molecule has 3 nitrogen and oxygen atoms in total. The molecule has 0 saturated carbocycles. The Bertz CT molecular complexity index is 1010. The SMILES string of the molecule is Cc1c(OC2CCN(CCCC(=O)c3ccc(F)cc3)CC2)ccc2ccccc12. The van der Waals surface area contributed by atoms with E-state index in [9.17, 15) is 9.18 Å². The van der Waals surface area contributed by atoms with E-state index in [4.69, 9.17) is 4.74 Å². The fraction of sp³-hybridized carbons (Fsp3) is 0.346. The minimum absolute atomic E-state index is 0.0833. The summed E-state index contributed by atoms with van der Waals surface area (Å²) in [5.74, 6) is 0.757. The fourth-order valence-electron chi connectivity index (χ4n) is 4.21. The van der Waals surface area contributed by atoms with Crippen LogP contribution < -0.4 is 4.74 Å². The van der Waals surface area contributed by atoms with Gasteiger partial charge in [0.05, 0.1) is 0 Å². The molecule has 1 saturated heterocycles. The van der Waals surface area contributed by atoms with Gasteiger partial charge in [-0.1, -0.05) is 30.3 Å². The van der Waals surface area contributed by atoms with E-state index < -0.39 is 0 Å². The number of Topliss-reactive ketones (excluding diaryl/α,β-unsaturated/α-hetero) is 1. The largest absolute Gasteiger partial charge is 0.490 e. The van der Waals surface area contributed by atoms with Gasteiger partial charge >= 0.3 is 0 Å². The maximum Gasteiger partial charge on any atom is 0.162 e. The van der Waals surface area contributed by atoms with Crippen LogP contribution in [-0.2, 0) is 0 Å². The lowest BCUT2D eigenvalue weighted by atomic mass is 10.0. The summed E-state index contributed by atoms with van der Waals surface area (Å²) in [4.78, 5) is 14.6. The Morgan fingerprint density at radius 3 is 2.53 bits per heavy atom. The van der Waals surface area contributed by atoms with E-state index >= 15 is 0 Å². The summed E-state index contributed by atoms with van der Waals surface area (Å²) >= 11 is 0. The van der Waals surface area contributed by atoms with Crippen LogP contribution in [0.3, 0.4) is 0 Å². The van der Waals surface area contributed by atoms with Crippen LogP contribution in [0.1, 0.15) is 41.6 Å². The van der Waals surface area contributed by atoms with Gasteiger partial charge in [-0.3, -0.25) is 4.79 Å². The molecule has 0 aromatic heterocycles. The minimum Gasteiger partial charge on any atom is -0.490 e. The first-order chi connectivity index (χ1) is 14.6. The van der Waals surface area contributed by atoms with Gasteiger partial charge in [-0.2, -0.15) is 0 Å². The molecule has 0 amide bonds. The first-order valence-corrected chi connectivity index (χ1v) is 10.8. The molecule has 0 bridgehead atoms. The first kappa shape index (κ1) is 20.5. The summed E-state index contributed by atoms with van der Waals surface area (Å²) in [5, 5.41) is 2.49. The molecule has 4 rings (SSSR count). The van der Waals surface area contributed by atoms with Crippen LogP contribution in [0, 0.1) is 12.7 Å². The number of fused-ring (bicyclic) bond motifs is 1. The van der Waals surface area contributed by atoms with Crippen molar-refractivity contribution >= 4 is 16.6 Å². The Hall–Kier alpha value is -2.72. The van der Waals surface area contributed by atoms with Crippen molar-refractivity contribution in [3.8, 4) is 5.75 Å². The summed E-state index contributed by atoms with van der Waals surface area (Å²) in [6.07, 6.45) is 3.56. The monoisotopic (exact) mass is 405 g/mol. The lowest BCUT2D eigenvalue weighted by Crippen LogP contribution is -2.38. The van der Waals surface area contributed by atoms with Gasteiger partial charge in [0.2, 0.25) is 0 Å². The van der Waals surface area contributed by atoms with Gasteiger partial charge in [0, 0.05) is 25.1 Å². The van der Waals surface area contributed by atoms with Gasteiger partial charge in [-0.25, -0.2) is 4.39 Å². The second-order valence-electron chi connectivity index (χ2n) is 8.10. The number of ether oxygens (including phenoxy) is 1. The number of piperidine rings is 1. The van der Waals surface area contributed by atoms with Crippen LogP contribution in [0.15, 0.2) is 60.7 Å². The highest BCUT2D eigenvalue weighted by Gasteiger charge is 2.21. The molecule has 3 aromatic carbocycles. The molecule has 1 aliphatic rings. The average molecular weight is 406 g/mol. The topological polar surface area (TPSA) is 29.5 Å². The molecule has 3 aromatic rings. The van der Waals surface area contributed by atoms with E-state index in [0.29, 0.717) is 12.0 Å². The number of hydrogen-bond donors (Lipinski definition) is 0. The van der Waals surface area contributed by atoms with Gasteiger partial charge in [-0.15, -0.1) is 0 Å². The lowest BCUT2D eigenvalue weighted by molar-refractivity contribution is 0.0919. The predicted octanol–water partition coefficient (Wildman–Crippen LogP) is 5.79. The number of benzene rings is 3. The number of hydrogen-bond acceptors (Lipinski definition) is 3. The quantitative estimate of drug-likeness (QED) is 0.466. The van der Waals surface area contributed by atoms with Crippen LogP contribution in [-0.4, -0.2) is 36.4 Å². The van der Waals surface area contributed by atoms with Crippen LogP contribution in [0.2, 0.25) is 0 Å². The third-order valence-electron chi connectivity index (χ3n) is 6.02. The van der Waals surface area contributed by atoms with E-state index in [1.807, 2.05) is 0 Å². The number of ketones is 1. The molecule has 1 heterocycles. The van der Waals surface area contributed by atoms with E-state index in [1.165, 1.54) is 28.5 Å². The van der Waals surface area contributed by atoms with Crippen molar-refractivity contribution in [2.75, 3.05) is 19.6 Å². The highest BCUT2D eigenvalue weighted by Crippen LogP contribution is 2.29. The molecule has 0 aliphatic carbocycles. The van der Waals surface area contributed by atoms with Crippen molar-refractivity contribution in [3.63, 3.8) is 0 Å². The van der Waals surface area contributed by atoms with E-state index in [2.05, 4.69) is 48.2 Å². The van der Waals surface area contributed by atoms with Gasteiger partial charge in [0.25, 0.3) is 0 Å². The molecule has 1 aliphatic heterocycles. The van der Waals surface area contributed by atoms with Crippen LogP contribution in [0.4, 0.5) is 4.39 Å². The number of likely N-dealkylation sites (tertiary alicyclic amines) is 1. The summed E-state index contributed by atoms with van der Waals surface area (Å²) in [7, 11) is 0. The number of aryl methyl sites for hydroxylation is 1. The molecule has 4 heteroatoms. The molecule has 30 heavy (non-hydrogen) atoms. The smallest absolute Gasteiger partial charge is 0.162 e. The van der Waals surface area contributed by atoms with Crippen LogP contribution in [0.25, 0.3) is 10.8 Å². The van der Waals surface area contributed by atoms with E-state index in [0.717, 1.165) is 44.6 Å². The van der Waals surface area contributed by atoms with Crippen molar-refractivity contribution in [2.24, 2.45) is 0 Å². The van der Waals surface area contributed by atoms with Crippen molar-refractivity contribution in [1.29, 1.82) is 0 Å².